The van der Waals surface area contributed by atoms with Crippen molar-refractivity contribution in [2.24, 2.45) is 0 Å². The molecule has 1 saturated carbocycles. The van der Waals surface area contributed by atoms with Gasteiger partial charge in [-0.3, -0.25) is 4.79 Å². The molecule has 1 aliphatic carbocycles. The van der Waals surface area contributed by atoms with Gasteiger partial charge in [-0.15, -0.1) is 0 Å². The number of hydrogen-bond donors (Lipinski definition) is 1. The average molecular weight is 527 g/mol. The van der Waals surface area contributed by atoms with Crippen LogP contribution in [0.5, 0.6) is 0 Å². The molecule has 2 aromatic carbocycles. The second kappa shape index (κ2) is 9.70. The molecule has 0 spiro atoms. The van der Waals surface area contributed by atoms with E-state index < -0.39 is 23.5 Å². The summed E-state index contributed by atoms with van der Waals surface area (Å²) in [6.07, 6.45) is -6.61. The van der Waals surface area contributed by atoms with Crippen LogP contribution in [-0.2, 0) is 12.1 Å². The zero-order valence-electron chi connectivity index (χ0n) is 20.5. The number of halogens is 6. The number of carbonyl (C=O) groups excluding carboxylic acids is 1. The number of amides is 1. The zero-order chi connectivity index (χ0) is 27.2. The van der Waals surface area contributed by atoms with Gasteiger partial charge in [-0.05, 0) is 55.7 Å². The average Bonchev–Trinajstić information content (AvgIpc) is 3.15. The smallest absolute Gasteiger partial charge is 0.369 e. The van der Waals surface area contributed by atoms with Crippen LogP contribution >= 0.6 is 0 Å². The largest absolute Gasteiger partial charge is 0.430 e. The third-order valence-corrected chi connectivity index (χ3v) is 7.30. The molecule has 10 heteroatoms. The summed E-state index contributed by atoms with van der Waals surface area (Å²) in [5, 5.41) is 9.89. The van der Waals surface area contributed by atoms with Crippen molar-refractivity contribution in [3.8, 4) is 0 Å². The van der Waals surface area contributed by atoms with Crippen molar-refractivity contribution >= 4 is 16.8 Å². The van der Waals surface area contributed by atoms with Gasteiger partial charge in [-0.1, -0.05) is 37.5 Å². The highest BCUT2D eigenvalue weighted by Gasteiger charge is 2.71. The molecular weight excluding hydrogens is 498 g/mol. The summed E-state index contributed by atoms with van der Waals surface area (Å²) >= 11 is 0. The molecule has 0 atom stereocenters. The number of carbonyl (C=O) groups is 1. The molecule has 1 heterocycles. The van der Waals surface area contributed by atoms with E-state index >= 15 is 0 Å². The molecule has 200 valence electrons. The number of aromatic nitrogens is 1. The number of hydrogen-bond acceptors (Lipinski definition) is 2. The van der Waals surface area contributed by atoms with E-state index in [9.17, 15) is 36.2 Å². The van der Waals surface area contributed by atoms with Gasteiger partial charge in [0.2, 0.25) is 0 Å². The van der Waals surface area contributed by atoms with Crippen LogP contribution < -0.4 is 0 Å². The van der Waals surface area contributed by atoms with Crippen molar-refractivity contribution in [3.63, 3.8) is 0 Å². The molecule has 1 fully saturated rings. The van der Waals surface area contributed by atoms with Gasteiger partial charge >= 0.3 is 12.4 Å². The molecule has 1 amide bonds. The van der Waals surface area contributed by atoms with Crippen molar-refractivity contribution in [2.75, 3.05) is 7.05 Å². The van der Waals surface area contributed by atoms with Crippen LogP contribution in [0.25, 0.3) is 10.9 Å². The van der Waals surface area contributed by atoms with Gasteiger partial charge in [-0.2, -0.15) is 26.3 Å². The van der Waals surface area contributed by atoms with Crippen LogP contribution in [0.3, 0.4) is 0 Å². The molecule has 1 aromatic heterocycles. The standard InChI is InChI=1S/C27H28F6N2O2/c1-17-13-20-15-21(25(37,26(28,29)30)27(31,32)33)11-12-23(20)35(17)16-18-7-6-8-19(14-18)24(36)34(2)22-9-4-3-5-10-22/h6-8,11-15,22,37H,3-5,9-10,16H2,1-2H3. The highest BCUT2D eigenvalue weighted by atomic mass is 19.4. The Morgan fingerprint density at radius 3 is 2.24 bits per heavy atom. The van der Waals surface area contributed by atoms with Gasteiger partial charge in [0, 0.05) is 47.4 Å². The highest BCUT2D eigenvalue weighted by Crippen LogP contribution is 2.50. The highest BCUT2D eigenvalue weighted by molar-refractivity contribution is 5.94. The number of nitrogens with zero attached hydrogens (tertiary/aromatic N) is 2. The molecule has 0 saturated heterocycles. The minimum absolute atomic E-state index is 0.0916. The van der Waals surface area contributed by atoms with Crippen molar-refractivity contribution in [3.05, 3.63) is 70.9 Å². The lowest BCUT2D eigenvalue weighted by Crippen LogP contribution is -2.53. The molecule has 0 radical (unpaired) electrons. The molecule has 37 heavy (non-hydrogen) atoms. The van der Waals surface area contributed by atoms with Crippen molar-refractivity contribution in [1.82, 2.24) is 9.47 Å². The molecule has 0 unspecified atom stereocenters. The summed E-state index contributed by atoms with van der Waals surface area (Å²) in [6, 6.07) is 11.2. The van der Waals surface area contributed by atoms with Crippen LogP contribution in [0.1, 0.15) is 59.3 Å². The van der Waals surface area contributed by atoms with Crippen LogP contribution in [0.2, 0.25) is 0 Å². The molecule has 4 nitrogen and oxygen atoms in total. The summed E-state index contributed by atoms with van der Waals surface area (Å²) in [6.45, 7) is 1.94. The number of fused-ring (bicyclic) bond motifs is 1. The maximum Gasteiger partial charge on any atom is 0.430 e. The maximum absolute atomic E-state index is 13.3. The molecule has 1 aliphatic rings. The number of benzene rings is 2. The first-order valence-electron chi connectivity index (χ1n) is 12.1. The minimum Gasteiger partial charge on any atom is -0.369 e. The second-order valence-electron chi connectivity index (χ2n) is 9.76. The second-order valence-corrected chi connectivity index (χ2v) is 9.76. The Morgan fingerprint density at radius 1 is 0.973 bits per heavy atom. The van der Waals surface area contributed by atoms with Gasteiger partial charge in [0.05, 0.1) is 0 Å². The maximum atomic E-state index is 13.3. The van der Waals surface area contributed by atoms with E-state index in [0.29, 0.717) is 22.8 Å². The monoisotopic (exact) mass is 526 g/mol. The van der Waals surface area contributed by atoms with E-state index in [1.165, 1.54) is 12.5 Å². The molecular formula is C27H28F6N2O2. The van der Waals surface area contributed by atoms with E-state index in [2.05, 4.69) is 0 Å². The Balaban J connectivity index is 1.64. The van der Waals surface area contributed by atoms with E-state index in [1.807, 2.05) is 6.07 Å². The Labute approximate surface area is 210 Å². The van der Waals surface area contributed by atoms with Gasteiger partial charge < -0.3 is 14.6 Å². The Kier molecular flexibility index (Phi) is 7.09. The van der Waals surface area contributed by atoms with E-state index in [-0.39, 0.29) is 23.9 Å². The van der Waals surface area contributed by atoms with Crippen molar-refractivity contribution in [1.29, 1.82) is 0 Å². The fourth-order valence-corrected chi connectivity index (χ4v) is 5.15. The summed E-state index contributed by atoms with van der Waals surface area (Å²) in [5.74, 6) is -0.0916. The number of aryl methyl sites for hydroxylation is 1. The molecule has 3 aromatic rings. The van der Waals surface area contributed by atoms with Crippen LogP contribution in [0.15, 0.2) is 48.5 Å². The van der Waals surface area contributed by atoms with E-state index in [4.69, 9.17) is 0 Å². The zero-order valence-corrected chi connectivity index (χ0v) is 20.5. The van der Waals surface area contributed by atoms with E-state index in [0.717, 1.165) is 43.4 Å². The third-order valence-electron chi connectivity index (χ3n) is 7.30. The Bertz CT molecular complexity index is 1270. The Morgan fingerprint density at radius 2 is 1.62 bits per heavy atom. The summed E-state index contributed by atoms with van der Waals surface area (Å²) < 4.78 is 81.7. The number of rotatable bonds is 5. The lowest BCUT2D eigenvalue weighted by atomic mass is 9.91. The lowest BCUT2D eigenvalue weighted by Gasteiger charge is -2.32. The predicted octanol–water partition coefficient (Wildman–Crippen LogP) is 6.71. The first-order valence-corrected chi connectivity index (χ1v) is 12.1. The van der Waals surface area contributed by atoms with Crippen LogP contribution in [0.4, 0.5) is 26.3 Å². The topological polar surface area (TPSA) is 45.5 Å². The first-order chi connectivity index (χ1) is 17.2. The summed E-state index contributed by atoms with van der Waals surface area (Å²) in [5.41, 5.74) is -3.99. The first kappa shape index (κ1) is 27.0. The lowest BCUT2D eigenvalue weighted by molar-refractivity contribution is -0.376. The molecule has 0 aliphatic heterocycles. The van der Waals surface area contributed by atoms with Gasteiger partial charge in [0.25, 0.3) is 11.5 Å². The van der Waals surface area contributed by atoms with Crippen LogP contribution in [0, 0.1) is 6.92 Å². The van der Waals surface area contributed by atoms with Gasteiger partial charge in [-0.25, -0.2) is 0 Å². The molecule has 1 N–H and O–H groups in total. The number of alkyl halides is 6. The normalized spacial score (nSPS) is 15.8. The SMILES string of the molecule is Cc1cc2cc(C(O)(C(F)(F)F)C(F)(F)F)ccc2n1Cc1cccc(C(=O)N(C)C2CCCCC2)c1. The predicted molar refractivity (Wildman–Crippen MR) is 127 cm³/mol. The van der Waals surface area contributed by atoms with Gasteiger partial charge in [0.15, 0.2) is 0 Å². The fraction of sp³-hybridized carbons (Fsp3) is 0.444. The van der Waals surface area contributed by atoms with Crippen molar-refractivity contribution < 1.29 is 36.2 Å². The summed E-state index contributed by atoms with van der Waals surface area (Å²) in [7, 11) is 1.80. The Hall–Kier alpha value is -3.01. The molecule has 0 bridgehead atoms. The summed E-state index contributed by atoms with van der Waals surface area (Å²) in [4.78, 5) is 14.9. The van der Waals surface area contributed by atoms with Gasteiger partial charge in [0.1, 0.15) is 0 Å². The van der Waals surface area contributed by atoms with Crippen molar-refractivity contribution in [2.45, 2.75) is 69.6 Å². The number of aliphatic hydroxyl groups is 1. The van der Waals surface area contributed by atoms with E-state index in [1.54, 1.807) is 41.6 Å². The van der Waals surface area contributed by atoms with Crippen LogP contribution in [-0.4, -0.2) is 45.9 Å². The molecule has 4 rings (SSSR count). The third kappa shape index (κ3) is 4.95. The fourth-order valence-electron chi connectivity index (χ4n) is 5.15. The quantitative estimate of drug-likeness (QED) is 0.376. The minimum atomic E-state index is -5.95.